The number of carbonyl (C=O) groups is 2. The van der Waals surface area contributed by atoms with Crippen LogP contribution in [0.5, 0.6) is 5.75 Å². The number of Topliss-reactive ketones (excluding diaryl/α,β-unsaturated/α-hetero) is 1. The molecule has 3 aromatic rings. The van der Waals surface area contributed by atoms with E-state index in [2.05, 4.69) is 4.98 Å². The van der Waals surface area contributed by atoms with Gasteiger partial charge in [0.1, 0.15) is 11.4 Å². The number of aromatic amines is 1. The summed E-state index contributed by atoms with van der Waals surface area (Å²) < 4.78 is 10.9. The number of benzene rings is 2. The quantitative estimate of drug-likeness (QED) is 0.336. The van der Waals surface area contributed by atoms with Gasteiger partial charge >= 0.3 is 5.97 Å². The molecule has 0 atom stereocenters. The summed E-state index contributed by atoms with van der Waals surface area (Å²) in [5.41, 5.74) is 4.56. The number of ketones is 1. The van der Waals surface area contributed by atoms with E-state index in [1.807, 2.05) is 51.1 Å². The molecule has 1 heterocycles. The molecule has 0 aliphatic heterocycles. The molecule has 0 radical (unpaired) electrons. The largest absolute Gasteiger partial charge is 0.497 e. The Morgan fingerprint density at radius 1 is 1.00 bits per heavy atom. The standard InChI is InChI=1S/C28H33NO4/c1-17(30)23-16-20(32-5)12-14-21(23)26-25(18-9-7-6-8-10-18)22-13-11-19(15-24(22)29-26)27(31)33-28(2,3)4/h11-16,18,29H,6-10H2,1-5H3. The van der Waals surface area contributed by atoms with Crippen LogP contribution < -0.4 is 4.74 Å². The average Bonchev–Trinajstić information content (AvgIpc) is 3.16. The van der Waals surface area contributed by atoms with Crippen molar-refractivity contribution in [3.05, 3.63) is 53.1 Å². The second kappa shape index (κ2) is 9.05. The predicted octanol–water partition coefficient (Wildman–Crippen LogP) is 7.05. The summed E-state index contributed by atoms with van der Waals surface area (Å²) in [6.45, 7) is 7.18. The van der Waals surface area contributed by atoms with E-state index in [0.29, 0.717) is 22.8 Å². The van der Waals surface area contributed by atoms with Crippen molar-refractivity contribution < 1.29 is 19.1 Å². The third-order valence-corrected chi connectivity index (χ3v) is 6.36. The Labute approximate surface area is 195 Å². The number of fused-ring (bicyclic) bond motifs is 1. The smallest absolute Gasteiger partial charge is 0.338 e. The van der Waals surface area contributed by atoms with Crippen LogP contribution in [0.4, 0.5) is 0 Å². The highest BCUT2D eigenvalue weighted by Crippen LogP contribution is 2.43. The highest BCUT2D eigenvalue weighted by molar-refractivity contribution is 6.04. The fraction of sp³-hybridized carbons (Fsp3) is 0.429. The lowest BCUT2D eigenvalue weighted by atomic mass is 9.81. The summed E-state index contributed by atoms with van der Waals surface area (Å²) >= 11 is 0. The van der Waals surface area contributed by atoms with E-state index in [4.69, 9.17) is 9.47 Å². The van der Waals surface area contributed by atoms with Gasteiger partial charge < -0.3 is 14.5 Å². The lowest BCUT2D eigenvalue weighted by Crippen LogP contribution is -2.23. The minimum Gasteiger partial charge on any atom is -0.497 e. The molecule has 1 fully saturated rings. The number of methoxy groups -OCH3 is 1. The summed E-state index contributed by atoms with van der Waals surface area (Å²) in [6, 6.07) is 11.4. The fourth-order valence-corrected chi connectivity index (χ4v) is 4.87. The Hall–Kier alpha value is -3.08. The third kappa shape index (κ3) is 4.82. The van der Waals surface area contributed by atoms with E-state index < -0.39 is 5.60 Å². The molecule has 1 aromatic heterocycles. The van der Waals surface area contributed by atoms with Crippen LogP contribution in [0, 0.1) is 0 Å². The van der Waals surface area contributed by atoms with Crippen molar-refractivity contribution in [2.75, 3.05) is 7.11 Å². The third-order valence-electron chi connectivity index (χ3n) is 6.36. The van der Waals surface area contributed by atoms with Crippen molar-refractivity contribution in [2.24, 2.45) is 0 Å². The summed E-state index contributed by atoms with van der Waals surface area (Å²) in [5.74, 6) is 0.725. The van der Waals surface area contributed by atoms with Gasteiger partial charge in [0, 0.05) is 22.0 Å². The Bertz CT molecular complexity index is 1190. The summed E-state index contributed by atoms with van der Waals surface area (Å²) in [5, 5.41) is 1.11. The highest BCUT2D eigenvalue weighted by Gasteiger charge is 2.26. The van der Waals surface area contributed by atoms with E-state index in [1.165, 1.54) is 24.8 Å². The molecule has 1 aliphatic rings. The van der Waals surface area contributed by atoms with E-state index in [1.54, 1.807) is 20.1 Å². The van der Waals surface area contributed by atoms with Gasteiger partial charge in [0.15, 0.2) is 5.78 Å². The van der Waals surface area contributed by atoms with E-state index >= 15 is 0 Å². The van der Waals surface area contributed by atoms with Gasteiger partial charge in [-0.15, -0.1) is 0 Å². The number of ether oxygens (including phenoxy) is 2. The van der Waals surface area contributed by atoms with Gasteiger partial charge in [-0.2, -0.15) is 0 Å². The van der Waals surface area contributed by atoms with Crippen LogP contribution in [-0.4, -0.2) is 29.4 Å². The van der Waals surface area contributed by atoms with Crippen LogP contribution in [0.1, 0.15) is 92.0 Å². The molecule has 5 heteroatoms. The zero-order valence-corrected chi connectivity index (χ0v) is 20.2. The topological polar surface area (TPSA) is 68.4 Å². The van der Waals surface area contributed by atoms with Gasteiger partial charge in [-0.05, 0) is 82.3 Å². The van der Waals surface area contributed by atoms with E-state index in [9.17, 15) is 9.59 Å². The number of H-pyrrole nitrogens is 1. The minimum atomic E-state index is -0.556. The Kier molecular flexibility index (Phi) is 6.33. The molecule has 1 N–H and O–H groups in total. The SMILES string of the molecule is COc1ccc(-c2[nH]c3cc(C(=O)OC(C)(C)C)ccc3c2C2CCCCC2)c(C(C)=O)c1. The zero-order chi connectivity index (χ0) is 23.8. The van der Waals surface area contributed by atoms with Crippen molar-refractivity contribution in [3.63, 3.8) is 0 Å². The van der Waals surface area contributed by atoms with Crippen LogP contribution in [0.25, 0.3) is 22.2 Å². The van der Waals surface area contributed by atoms with Crippen molar-refractivity contribution in [1.82, 2.24) is 4.98 Å². The second-order valence-electron chi connectivity index (χ2n) is 9.98. The molecule has 2 aromatic carbocycles. The summed E-state index contributed by atoms with van der Waals surface area (Å²) in [7, 11) is 1.60. The average molecular weight is 448 g/mol. The Morgan fingerprint density at radius 3 is 2.36 bits per heavy atom. The van der Waals surface area contributed by atoms with Crippen molar-refractivity contribution in [3.8, 4) is 17.0 Å². The predicted molar refractivity (Wildman–Crippen MR) is 131 cm³/mol. The number of nitrogens with one attached hydrogen (secondary N) is 1. The molecule has 0 unspecified atom stereocenters. The Morgan fingerprint density at radius 2 is 1.73 bits per heavy atom. The van der Waals surface area contributed by atoms with E-state index in [-0.39, 0.29) is 11.8 Å². The molecule has 174 valence electrons. The zero-order valence-electron chi connectivity index (χ0n) is 20.2. The van der Waals surface area contributed by atoms with Crippen molar-refractivity contribution in [1.29, 1.82) is 0 Å². The summed E-state index contributed by atoms with van der Waals surface area (Å²) in [6.07, 6.45) is 5.92. The number of hydrogen-bond acceptors (Lipinski definition) is 4. The van der Waals surface area contributed by atoms with Gasteiger partial charge in [-0.3, -0.25) is 4.79 Å². The molecule has 0 saturated heterocycles. The second-order valence-corrected chi connectivity index (χ2v) is 9.98. The molecule has 33 heavy (non-hydrogen) atoms. The van der Waals surface area contributed by atoms with Crippen LogP contribution >= 0.6 is 0 Å². The van der Waals surface area contributed by atoms with Gasteiger partial charge in [0.25, 0.3) is 0 Å². The molecule has 0 amide bonds. The number of esters is 1. The maximum absolute atomic E-state index is 12.7. The van der Waals surface area contributed by atoms with Crippen molar-refractivity contribution >= 4 is 22.7 Å². The number of rotatable bonds is 5. The molecule has 0 bridgehead atoms. The van der Waals surface area contributed by atoms with Crippen LogP contribution in [0.2, 0.25) is 0 Å². The van der Waals surface area contributed by atoms with Crippen LogP contribution in [0.15, 0.2) is 36.4 Å². The number of carbonyl (C=O) groups excluding carboxylic acids is 2. The van der Waals surface area contributed by atoms with E-state index in [0.717, 1.165) is 35.0 Å². The summed E-state index contributed by atoms with van der Waals surface area (Å²) in [4.78, 5) is 28.8. The van der Waals surface area contributed by atoms with Gasteiger partial charge in [0.05, 0.1) is 18.4 Å². The lowest BCUT2D eigenvalue weighted by molar-refractivity contribution is 0.00695. The maximum atomic E-state index is 12.7. The first-order valence-electron chi connectivity index (χ1n) is 11.8. The first-order valence-corrected chi connectivity index (χ1v) is 11.8. The highest BCUT2D eigenvalue weighted by atomic mass is 16.6. The lowest BCUT2D eigenvalue weighted by Gasteiger charge is -2.23. The molecule has 1 saturated carbocycles. The van der Waals surface area contributed by atoms with Gasteiger partial charge in [-0.25, -0.2) is 4.79 Å². The number of hydrogen-bond donors (Lipinski definition) is 1. The van der Waals surface area contributed by atoms with Crippen molar-refractivity contribution in [2.45, 2.75) is 71.3 Å². The first-order chi connectivity index (χ1) is 15.7. The van der Waals surface area contributed by atoms with Gasteiger partial charge in [-0.1, -0.05) is 25.3 Å². The van der Waals surface area contributed by atoms with Crippen LogP contribution in [0.3, 0.4) is 0 Å². The molecular weight excluding hydrogens is 414 g/mol. The molecule has 0 spiro atoms. The minimum absolute atomic E-state index is 0.00778. The normalized spacial score (nSPS) is 14.9. The first kappa shape index (κ1) is 23.1. The van der Waals surface area contributed by atoms with Gasteiger partial charge in [0.2, 0.25) is 0 Å². The molecule has 5 nitrogen and oxygen atoms in total. The molecular formula is C28H33NO4. The monoisotopic (exact) mass is 447 g/mol. The molecule has 4 rings (SSSR count). The molecule has 1 aliphatic carbocycles. The van der Waals surface area contributed by atoms with Crippen LogP contribution in [-0.2, 0) is 4.74 Å². The fourth-order valence-electron chi connectivity index (χ4n) is 4.87. The number of aromatic nitrogens is 1. The maximum Gasteiger partial charge on any atom is 0.338 e. The Balaban J connectivity index is 1.90.